The molecule has 0 atom stereocenters. The number of aromatic nitrogens is 2. The number of hydrogen-bond donors (Lipinski definition) is 2. The van der Waals surface area contributed by atoms with Crippen molar-refractivity contribution < 1.29 is 13.2 Å². The van der Waals surface area contributed by atoms with Gasteiger partial charge in [-0.2, -0.15) is 0 Å². The Labute approximate surface area is 120 Å². The topological polar surface area (TPSA) is 49.8 Å². The SMILES string of the molecule is CCNc1nc(C)nc(Nc2cc(F)c(F)cc2F)c1C. The highest BCUT2D eigenvalue weighted by molar-refractivity contribution is 5.65. The third-order valence-corrected chi connectivity index (χ3v) is 2.86. The largest absolute Gasteiger partial charge is 0.370 e. The van der Waals surface area contributed by atoms with Crippen molar-refractivity contribution in [1.29, 1.82) is 0 Å². The Morgan fingerprint density at radius 1 is 0.952 bits per heavy atom. The molecule has 112 valence electrons. The Morgan fingerprint density at radius 3 is 2.24 bits per heavy atom. The minimum atomic E-state index is -1.23. The summed E-state index contributed by atoms with van der Waals surface area (Å²) in [6.07, 6.45) is 0. The number of rotatable bonds is 4. The van der Waals surface area contributed by atoms with Crippen LogP contribution in [0.3, 0.4) is 0 Å². The quantitative estimate of drug-likeness (QED) is 0.845. The van der Waals surface area contributed by atoms with Gasteiger partial charge in [0.2, 0.25) is 0 Å². The van der Waals surface area contributed by atoms with Gasteiger partial charge in [0.1, 0.15) is 23.3 Å². The van der Waals surface area contributed by atoms with Crippen molar-refractivity contribution in [3.05, 3.63) is 41.0 Å². The van der Waals surface area contributed by atoms with Crippen molar-refractivity contribution in [2.75, 3.05) is 17.2 Å². The second kappa shape index (κ2) is 5.99. The number of nitrogens with one attached hydrogen (secondary N) is 2. The predicted molar refractivity (Wildman–Crippen MR) is 75.3 cm³/mol. The lowest BCUT2D eigenvalue weighted by atomic mass is 10.2. The third kappa shape index (κ3) is 3.24. The van der Waals surface area contributed by atoms with E-state index in [1.54, 1.807) is 13.8 Å². The van der Waals surface area contributed by atoms with Crippen LogP contribution in [0.5, 0.6) is 0 Å². The summed E-state index contributed by atoms with van der Waals surface area (Å²) in [6.45, 7) is 6.01. The Morgan fingerprint density at radius 2 is 1.57 bits per heavy atom. The molecular formula is C14H15F3N4. The van der Waals surface area contributed by atoms with E-state index in [4.69, 9.17) is 0 Å². The maximum Gasteiger partial charge on any atom is 0.161 e. The van der Waals surface area contributed by atoms with Crippen LogP contribution in [0.15, 0.2) is 12.1 Å². The molecule has 0 saturated carbocycles. The summed E-state index contributed by atoms with van der Waals surface area (Å²) in [5.41, 5.74) is 0.476. The summed E-state index contributed by atoms with van der Waals surface area (Å²) >= 11 is 0. The molecule has 0 aliphatic carbocycles. The molecule has 2 N–H and O–H groups in total. The summed E-state index contributed by atoms with van der Waals surface area (Å²) in [7, 11) is 0. The maximum absolute atomic E-state index is 13.7. The highest BCUT2D eigenvalue weighted by Crippen LogP contribution is 2.26. The Bertz CT molecular complexity index is 674. The van der Waals surface area contributed by atoms with Gasteiger partial charge < -0.3 is 10.6 Å². The minimum absolute atomic E-state index is 0.183. The molecule has 1 heterocycles. The van der Waals surface area contributed by atoms with Crippen molar-refractivity contribution in [3.63, 3.8) is 0 Å². The normalized spacial score (nSPS) is 10.6. The van der Waals surface area contributed by atoms with Gasteiger partial charge in [-0.25, -0.2) is 23.1 Å². The summed E-state index contributed by atoms with van der Waals surface area (Å²) in [5.74, 6) is -1.84. The van der Waals surface area contributed by atoms with E-state index in [2.05, 4.69) is 20.6 Å². The lowest BCUT2D eigenvalue weighted by molar-refractivity contribution is 0.496. The van der Waals surface area contributed by atoms with Crippen LogP contribution in [-0.2, 0) is 0 Å². The molecule has 0 amide bonds. The molecule has 21 heavy (non-hydrogen) atoms. The van der Waals surface area contributed by atoms with Gasteiger partial charge in [0, 0.05) is 24.2 Å². The zero-order valence-corrected chi connectivity index (χ0v) is 11.9. The van der Waals surface area contributed by atoms with E-state index in [1.807, 2.05) is 6.92 Å². The van der Waals surface area contributed by atoms with Crippen LogP contribution < -0.4 is 10.6 Å². The second-order valence-electron chi connectivity index (χ2n) is 4.49. The molecule has 2 aromatic rings. The molecule has 7 heteroatoms. The number of anilines is 3. The average Bonchev–Trinajstić information content (AvgIpc) is 2.41. The fraction of sp³-hybridized carbons (Fsp3) is 0.286. The Balaban J connectivity index is 2.42. The molecule has 0 aliphatic heterocycles. The van der Waals surface area contributed by atoms with Gasteiger partial charge in [0.15, 0.2) is 11.6 Å². The molecule has 0 aliphatic rings. The van der Waals surface area contributed by atoms with Crippen LogP contribution in [0.2, 0.25) is 0 Å². The highest BCUT2D eigenvalue weighted by Gasteiger charge is 2.13. The van der Waals surface area contributed by atoms with Crippen molar-refractivity contribution in [3.8, 4) is 0 Å². The molecule has 0 radical (unpaired) electrons. The van der Waals surface area contributed by atoms with Crippen molar-refractivity contribution in [2.24, 2.45) is 0 Å². The monoisotopic (exact) mass is 296 g/mol. The van der Waals surface area contributed by atoms with Crippen LogP contribution in [0.25, 0.3) is 0 Å². The zero-order valence-electron chi connectivity index (χ0n) is 11.9. The first-order chi connectivity index (χ1) is 9.92. The van der Waals surface area contributed by atoms with Crippen LogP contribution >= 0.6 is 0 Å². The van der Waals surface area contributed by atoms with Gasteiger partial charge >= 0.3 is 0 Å². The first kappa shape index (κ1) is 15.1. The van der Waals surface area contributed by atoms with Crippen molar-refractivity contribution in [1.82, 2.24) is 9.97 Å². The zero-order chi connectivity index (χ0) is 15.6. The number of nitrogens with zero attached hydrogens (tertiary/aromatic N) is 2. The summed E-state index contributed by atoms with van der Waals surface area (Å²) in [4.78, 5) is 8.39. The molecule has 0 fully saturated rings. The van der Waals surface area contributed by atoms with Gasteiger partial charge in [-0.05, 0) is 20.8 Å². The maximum atomic E-state index is 13.7. The Kier molecular flexibility index (Phi) is 4.30. The molecule has 0 spiro atoms. The predicted octanol–water partition coefficient (Wildman–Crippen LogP) is 3.69. The first-order valence-corrected chi connectivity index (χ1v) is 6.43. The fourth-order valence-electron chi connectivity index (χ4n) is 1.84. The number of halogens is 3. The summed E-state index contributed by atoms with van der Waals surface area (Å²) < 4.78 is 39.8. The van der Waals surface area contributed by atoms with E-state index in [0.717, 1.165) is 6.07 Å². The molecule has 1 aromatic heterocycles. The summed E-state index contributed by atoms with van der Waals surface area (Å²) in [6, 6.07) is 1.25. The standard InChI is InChI=1S/C14H15F3N4/c1-4-18-13-7(2)14(20-8(3)19-13)21-12-6-10(16)9(15)5-11(12)17/h5-6H,4H2,1-3H3,(H2,18,19,20,21). The van der Waals surface area contributed by atoms with Gasteiger partial charge in [0.25, 0.3) is 0 Å². The number of aryl methyl sites for hydroxylation is 1. The molecule has 0 unspecified atom stereocenters. The van der Waals surface area contributed by atoms with Crippen molar-refractivity contribution in [2.45, 2.75) is 20.8 Å². The van der Waals surface area contributed by atoms with Crippen LogP contribution in [0.4, 0.5) is 30.5 Å². The van der Waals surface area contributed by atoms with E-state index in [1.165, 1.54) is 0 Å². The van der Waals surface area contributed by atoms with Gasteiger partial charge in [0.05, 0.1) is 5.69 Å². The first-order valence-electron chi connectivity index (χ1n) is 6.43. The van der Waals surface area contributed by atoms with E-state index in [0.29, 0.717) is 35.6 Å². The number of hydrogen-bond acceptors (Lipinski definition) is 4. The smallest absolute Gasteiger partial charge is 0.161 e. The fourth-order valence-corrected chi connectivity index (χ4v) is 1.84. The van der Waals surface area contributed by atoms with E-state index in [9.17, 15) is 13.2 Å². The molecule has 0 saturated heterocycles. The molecule has 4 nitrogen and oxygen atoms in total. The highest BCUT2D eigenvalue weighted by atomic mass is 19.2. The summed E-state index contributed by atoms with van der Waals surface area (Å²) in [5, 5.41) is 5.73. The second-order valence-corrected chi connectivity index (χ2v) is 4.49. The Hall–Kier alpha value is -2.31. The van der Waals surface area contributed by atoms with Crippen LogP contribution in [-0.4, -0.2) is 16.5 Å². The third-order valence-electron chi connectivity index (χ3n) is 2.86. The molecular weight excluding hydrogens is 281 g/mol. The molecule has 1 aromatic carbocycles. The minimum Gasteiger partial charge on any atom is -0.370 e. The lowest BCUT2D eigenvalue weighted by Gasteiger charge is -2.14. The van der Waals surface area contributed by atoms with Gasteiger partial charge in [-0.15, -0.1) is 0 Å². The van der Waals surface area contributed by atoms with Gasteiger partial charge in [-0.1, -0.05) is 0 Å². The average molecular weight is 296 g/mol. The molecule has 0 bridgehead atoms. The van der Waals surface area contributed by atoms with Gasteiger partial charge in [-0.3, -0.25) is 0 Å². The van der Waals surface area contributed by atoms with E-state index >= 15 is 0 Å². The lowest BCUT2D eigenvalue weighted by Crippen LogP contribution is -2.08. The van der Waals surface area contributed by atoms with Crippen LogP contribution in [0, 0.1) is 31.3 Å². The molecule has 2 rings (SSSR count). The van der Waals surface area contributed by atoms with E-state index < -0.39 is 17.5 Å². The van der Waals surface area contributed by atoms with E-state index in [-0.39, 0.29) is 5.69 Å². The van der Waals surface area contributed by atoms with Crippen molar-refractivity contribution >= 4 is 17.3 Å². The van der Waals surface area contributed by atoms with Crippen LogP contribution in [0.1, 0.15) is 18.3 Å². The number of benzene rings is 1.